The van der Waals surface area contributed by atoms with Crippen LogP contribution in [0.5, 0.6) is 0 Å². The summed E-state index contributed by atoms with van der Waals surface area (Å²) in [5, 5.41) is 17.1. The lowest BCUT2D eigenvalue weighted by Gasteiger charge is -2.55. The van der Waals surface area contributed by atoms with E-state index in [0.717, 1.165) is 37.4 Å². The van der Waals surface area contributed by atoms with Gasteiger partial charge in [-0.15, -0.1) is 0 Å². The summed E-state index contributed by atoms with van der Waals surface area (Å²) in [5.74, 6) is 0. The Bertz CT molecular complexity index is 2300. The first-order valence-electron chi connectivity index (χ1n) is 23.6. The molecular weight excluding hydrogens is 861 g/mol. The van der Waals surface area contributed by atoms with E-state index in [1.165, 1.54) is 0 Å². The van der Waals surface area contributed by atoms with Crippen molar-refractivity contribution in [3.8, 4) is 0 Å². The third-order valence-corrected chi connectivity index (χ3v) is 23.3. The van der Waals surface area contributed by atoms with Gasteiger partial charge in [0.15, 0.2) is 0 Å². The van der Waals surface area contributed by atoms with Crippen LogP contribution in [0.2, 0.25) is 10.1 Å². The van der Waals surface area contributed by atoms with Crippen molar-refractivity contribution >= 4 is 37.4 Å². The highest BCUT2D eigenvalue weighted by atomic mass is 28.4. The molecule has 6 atom stereocenters. The second-order valence-corrected chi connectivity index (χ2v) is 28.3. The molecule has 0 heterocycles. The summed E-state index contributed by atoms with van der Waals surface area (Å²) < 4.78 is 38.3. The van der Waals surface area contributed by atoms with Crippen molar-refractivity contribution < 1.29 is 28.2 Å². The first kappa shape index (κ1) is 48.2. The van der Waals surface area contributed by atoms with E-state index < -0.39 is 63.3 Å². The number of aliphatic hydroxyl groups excluding tert-OH is 1. The molecule has 8 rings (SSSR count). The van der Waals surface area contributed by atoms with Crippen LogP contribution < -0.4 is 20.7 Å². The molecule has 0 spiro atoms. The second kappa shape index (κ2) is 21.4. The zero-order valence-electron chi connectivity index (χ0n) is 39.8. The number of hydrogen-bond acceptors (Lipinski definition) is 6. The summed E-state index contributed by atoms with van der Waals surface area (Å²) in [6.45, 7) is 14.4. The molecule has 7 aromatic rings. The largest absolute Gasteiger partial charge is 0.399 e. The van der Waals surface area contributed by atoms with Crippen LogP contribution in [0.25, 0.3) is 0 Å². The van der Waals surface area contributed by atoms with E-state index in [9.17, 15) is 5.11 Å². The topological polar surface area (TPSA) is 66.4 Å². The summed E-state index contributed by atoms with van der Waals surface area (Å²) in [6, 6.07) is 73.1. The van der Waals surface area contributed by atoms with Crippen LogP contribution in [0.1, 0.15) is 58.2 Å². The van der Waals surface area contributed by atoms with Crippen LogP contribution in [0.3, 0.4) is 0 Å². The summed E-state index contributed by atoms with van der Waals surface area (Å²) in [7, 11) is -6.74. The van der Waals surface area contributed by atoms with Gasteiger partial charge in [-0.2, -0.15) is 0 Å². The van der Waals surface area contributed by atoms with Gasteiger partial charge in [0, 0.05) is 0 Å². The normalized spacial score (nSPS) is 20.3. The predicted molar refractivity (Wildman–Crippen MR) is 276 cm³/mol. The van der Waals surface area contributed by atoms with E-state index in [-0.39, 0.29) is 19.8 Å². The molecule has 6 nitrogen and oxygen atoms in total. The van der Waals surface area contributed by atoms with Crippen LogP contribution >= 0.6 is 0 Å². The van der Waals surface area contributed by atoms with Gasteiger partial charge >= 0.3 is 0 Å². The van der Waals surface area contributed by atoms with E-state index in [1.54, 1.807) is 0 Å². The summed E-state index contributed by atoms with van der Waals surface area (Å²) >= 11 is 0. The minimum atomic E-state index is -3.37. The highest BCUT2D eigenvalue weighted by Crippen LogP contribution is 2.45. The molecule has 1 fully saturated rings. The maximum absolute atomic E-state index is 13.5. The molecule has 0 bridgehead atoms. The lowest BCUT2D eigenvalue weighted by Crippen LogP contribution is -2.76. The molecule has 346 valence electrons. The molecular formula is C59H66O6Si2. The molecule has 8 heteroatoms. The molecule has 0 radical (unpaired) electrons. The quantitative estimate of drug-likeness (QED) is 0.0919. The van der Waals surface area contributed by atoms with E-state index in [2.05, 4.69) is 199 Å². The van der Waals surface area contributed by atoms with Crippen LogP contribution in [0.15, 0.2) is 212 Å². The highest BCUT2D eigenvalue weighted by molar-refractivity contribution is 7.00. The molecule has 0 saturated heterocycles. The van der Waals surface area contributed by atoms with Crippen molar-refractivity contribution in [3.63, 3.8) is 0 Å². The molecule has 1 saturated carbocycles. The van der Waals surface area contributed by atoms with Crippen LogP contribution in [-0.2, 0) is 42.9 Å². The van der Waals surface area contributed by atoms with Crippen molar-refractivity contribution in [2.45, 2.75) is 108 Å². The van der Waals surface area contributed by atoms with Crippen molar-refractivity contribution in [1.82, 2.24) is 0 Å². The lowest BCUT2D eigenvalue weighted by molar-refractivity contribution is -0.254. The van der Waals surface area contributed by atoms with Crippen LogP contribution in [0, 0.1) is 0 Å². The number of aliphatic hydroxyl groups is 1. The van der Waals surface area contributed by atoms with Gasteiger partial charge in [-0.1, -0.05) is 254 Å². The molecule has 1 N–H and O–H groups in total. The van der Waals surface area contributed by atoms with Crippen molar-refractivity contribution in [2.75, 3.05) is 0 Å². The third-order valence-electron chi connectivity index (χ3n) is 13.3. The van der Waals surface area contributed by atoms with Crippen molar-refractivity contribution in [2.24, 2.45) is 0 Å². The maximum atomic E-state index is 13.5. The smallest absolute Gasteiger partial charge is 0.261 e. The van der Waals surface area contributed by atoms with E-state index in [0.29, 0.717) is 0 Å². The molecule has 2 unspecified atom stereocenters. The Kier molecular flexibility index (Phi) is 15.4. The number of hydrogen-bond donors (Lipinski definition) is 1. The molecule has 7 aromatic carbocycles. The summed E-state index contributed by atoms with van der Waals surface area (Å²) in [6.07, 6.45) is -5.56. The Hall–Kier alpha value is -5.27. The Morgan fingerprint density at radius 3 is 0.791 bits per heavy atom. The Morgan fingerprint density at radius 2 is 0.552 bits per heavy atom. The van der Waals surface area contributed by atoms with Crippen LogP contribution in [0.4, 0.5) is 0 Å². The first-order valence-corrected chi connectivity index (χ1v) is 27.5. The Morgan fingerprint density at radius 1 is 0.328 bits per heavy atom. The van der Waals surface area contributed by atoms with Gasteiger partial charge in [0.1, 0.15) is 36.6 Å². The molecule has 1 aliphatic rings. The summed E-state index contributed by atoms with van der Waals surface area (Å²) in [5.41, 5.74) is 2.96. The average Bonchev–Trinajstić information content (AvgIpc) is 3.35. The molecule has 0 aromatic heterocycles. The Labute approximate surface area is 400 Å². The fraction of sp³-hybridized carbons (Fsp3) is 0.288. The van der Waals surface area contributed by atoms with E-state index in [4.69, 9.17) is 23.1 Å². The molecule has 0 aliphatic heterocycles. The fourth-order valence-corrected chi connectivity index (χ4v) is 19.5. The zero-order valence-corrected chi connectivity index (χ0v) is 41.8. The van der Waals surface area contributed by atoms with Gasteiger partial charge in [-0.25, -0.2) is 0 Å². The number of benzene rings is 7. The molecule has 0 amide bonds. The number of rotatable bonds is 17. The lowest BCUT2D eigenvalue weighted by atomic mass is 9.84. The standard InChI is InChI=1S/C59H66O6Si2/c1-58(2,3)66(48-34-20-10-21-35-48,49-36-22-11-23-37-49)64-56-53(61-42-45-28-14-7-15-29-45)52(60)54(62-43-46-30-16-8-17-31-46)57(55(56)63-44-47-32-18-9-19-33-47)65-67(59(4,5)6,50-38-24-12-25-39-50)51-40-26-13-27-41-51/h7-41,52-57,60H,42-44H2,1-6H3/t52?,53-,54+,55?,56+,57-. The fourth-order valence-electron chi connectivity index (χ4n) is 10.1. The minimum absolute atomic E-state index is 0.236. The third kappa shape index (κ3) is 10.4. The minimum Gasteiger partial charge on any atom is -0.399 e. The Balaban J connectivity index is 1.39. The van der Waals surface area contributed by atoms with Gasteiger partial charge < -0.3 is 28.2 Å². The monoisotopic (exact) mass is 926 g/mol. The van der Waals surface area contributed by atoms with E-state index in [1.807, 2.05) is 54.6 Å². The van der Waals surface area contributed by atoms with Crippen molar-refractivity contribution in [1.29, 1.82) is 0 Å². The van der Waals surface area contributed by atoms with Gasteiger partial charge in [0.2, 0.25) is 0 Å². The van der Waals surface area contributed by atoms with Gasteiger partial charge in [-0.3, -0.25) is 0 Å². The number of ether oxygens (including phenoxy) is 3. The van der Waals surface area contributed by atoms with Gasteiger partial charge in [0.05, 0.1) is 19.8 Å². The van der Waals surface area contributed by atoms with E-state index >= 15 is 0 Å². The van der Waals surface area contributed by atoms with Gasteiger partial charge in [-0.05, 0) is 47.5 Å². The SMILES string of the molecule is CC(C)(C)[Si](O[C@@H]1C(OCc2ccccc2)[C@H](O[Si](c2ccccc2)(c2ccccc2)C(C)(C)C)[C@@H](OCc2ccccc2)C(O)[C@H]1OCc1ccccc1)(c1ccccc1)c1ccccc1. The predicted octanol–water partition coefficient (Wildman–Crippen LogP) is 10.0. The summed E-state index contributed by atoms with van der Waals surface area (Å²) in [4.78, 5) is 0. The molecule has 1 aliphatic carbocycles. The highest BCUT2D eigenvalue weighted by Gasteiger charge is 2.62. The zero-order chi connectivity index (χ0) is 46.9. The van der Waals surface area contributed by atoms with Crippen LogP contribution in [-0.4, -0.2) is 58.4 Å². The maximum Gasteiger partial charge on any atom is 0.261 e. The molecule has 67 heavy (non-hydrogen) atoms. The second-order valence-electron chi connectivity index (χ2n) is 19.8. The first-order chi connectivity index (χ1) is 32.4. The van der Waals surface area contributed by atoms with Crippen molar-refractivity contribution in [3.05, 3.63) is 229 Å². The van der Waals surface area contributed by atoms with Gasteiger partial charge in [0.25, 0.3) is 16.6 Å². The average molecular weight is 927 g/mol.